The number of aliphatic hydroxyl groups is 7. The van der Waals surface area contributed by atoms with E-state index in [9.17, 15) is 40.5 Å². The Labute approximate surface area is 305 Å². The van der Waals surface area contributed by atoms with Crippen LogP contribution in [0.2, 0.25) is 0 Å². The molecule has 7 N–H and O–H groups in total. The lowest BCUT2D eigenvalue weighted by atomic mass is 9.46. The number of carbonyl (C=O) groups excluding carboxylic acids is 1. The molecule has 6 fully saturated rings. The van der Waals surface area contributed by atoms with Gasteiger partial charge in [0.15, 0.2) is 18.9 Å². The zero-order chi connectivity index (χ0) is 37.4. The fourth-order valence-electron chi connectivity index (χ4n) is 11.9. The number of rotatable bonds is 7. The monoisotopic (exact) mass is 736 g/mol. The van der Waals surface area contributed by atoms with Crippen LogP contribution in [0.5, 0.6) is 0 Å². The Bertz CT molecular complexity index is 1370. The molecule has 0 radical (unpaired) electrons. The van der Waals surface area contributed by atoms with E-state index in [-0.39, 0.29) is 41.3 Å². The number of allylic oxidation sites excluding steroid dienone is 2. The van der Waals surface area contributed by atoms with Gasteiger partial charge in [-0.3, -0.25) is 0 Å². The molecular formula is C39H60O13. The van der Waals surface area contributed by atoms with Crippen molar-refractivity contribution in [2.45, 2.75) is 159 Å². The van der Waals surface area contributed by atoms with E-state index in [0.717, 1.165) is 37.7 Å². The first kappa shape index (κ1) is 38.9. The minimum Gasteiger partial charge on any atom is -0.394 e. The standard InChI is InChI=1S/C39H60O13/c1-17(2)12-23-18(3)28-26(50-35(23)47)14-25-22-7-6-20-13-21(8-10-38(20,5)24(22)9-11-39(25,28)16-41)49-37-34(32(45)30(43)27(15-40)51-37)52-36-33(46)31(44)29(42)19(4)48-36/h6,12,16,18-19,21-37,40,42-47H,7-11,13-15H2,1-5H3/t18-,19?,21?,22-,23-,24+,25+,26?,27?,28+,29?,30?,31?,32?,33?,34?,35-,36?,37?,38+,39-/m1/s1. The van der Waals surface area contributed by atoms with Crippen LogP contribution in [0.4, 0.5) is 0 Å². The van der Waals surface area contributed by atoms with Crippen molar-refractivity contribution < 1.29 is 64.2 Å². The topological polar surface area (TPSA) is 205 Å². The van der Waals surface area contributed by atoms with Crippen molar-refractivity contribution in [2.75, 3.05) is 6.61 Å². The maximum Gasteiger partial charge on any atom is 0.187 e. The second-order valence-corrected chi connectivity index (χ2v) is 17.5. The van der Waals surface area contributed by atoms with E-state index in [4.69, 9.17) is 23.7 Å². The van der Waals surface area contributed by atoms with Gasteiger partial charge in [0.2, 0.25) is 0 Å². The Morgan fingerprint density at radius 1 is 0.904 bits per heavy atom. The highest BCUT2D eigenvalue weighted by Gasteiger charge is 2.66. The van der Waals surface area contributed by atoms with Gasteiger partial charge < -0.3 is 64.2 Å². The van der Waals surface area contributed by atoms with Gasteiger partial charge >= 0.3 is 0 Å². The molecule has 13 nitrogen and oxygen atoms in total. The summed E-state index contributed by atoms with van der Waals surface area (Å²) in [4.78, 5) is 13.3. The van der Waals surface area contributed by atoms with Crippen molar-refractivity contribution in [1.29, 1.82) is 0 Å². The third kappa shape index (κ3) is 6.28. The summed E-state index contributed by atoms with van der Waals surface area (Å²) in [5.41, 5.74) is 1.82. The molecule has 52 heavy (non-hydrogen) atoms. The van der Waals surface area contributed by atoms with Crippen LogP contribution in [0.3, 0.4) is 0 Å². The molecule has 21 atom stereocenters. The highest BCUT2D eigenvalue weighted by atomic mass is 16.8. The summed E-state index contributed by atoms with van der Waals surface area (Å²) >= 11 is 0. The molecule has 0 aromatic heterocycles. The van der Waals surface area contributed by atoms with Crippen molar-refractivity contribution in [3.8, 4) is 0 Å². The minimum absolute atomic E-state index is 0.0567. The number of ether oxygens (including phenoxy) is 5. The predicted octanol–water partition coefficient (Wildman–Crippen LogP) is 1.33. The van der Waals surface area contributed by atoms with Gasteiger partial charge in [0.1, 0.15) is 49.0 Å². The second-order valence-electron chi connectivity index (χ2n) is 17.5. The maximum atomic E-state index is 13.3. The lowest BCUT2D eigenvalue weighted by molar-refractivity contribution is -0.369. The summed E-state index contributed by atoms with van der Waals surface area (Å²) in [7, 11) is 0. The summed E-state index contributed by atoms with van der Waals surface area (Å²) in [6.07, 6.45) is -3.97. The molecular weight excluding hydrogens is 676 g/mol. The van der Waals surface area contributed by atoms with Gasteiger partial charge in [-0.2, -0.15) is 0 Å². The van der Waals surface area contributed by atoms with Crippen LogP contribution < -0.4 is 0 Å². The van der Waals surface area contributed by atoms with Gasteiger partial charge in [-0.25, -0.2) is 0 Å². The summed E-state index contributed by atoms with van der Waals surface area (Å²) in [6, 6.07) is 0. The van der Waals surface area contributed by atoms with Crippen molar-refractivity contribution in [3.63, 3.8) is 0 Å². The van der Waals surface area contributed by atoms with Crippen LogP contribution in [-0.2, 0) is 28.5 Å². The Hall–Kier alpha value is -1.33. The first-order chi connectivity index (χ1) is 24.6. The number of aliphatic hydroxyl groups excluding tert-OH is 7. The third-order valence-electron chi connectivity index (χ3n) is 14.6. The molecule has 0 amide bonds. The van der Waals surface area contributed by atoms with Crippen molar-refractivity contribution in [1.82, 2.24) is 0 Å². The summed E-state index contributed by atoms with van der Waals surface area (Å²) < 4.78 is 30.3. The first-order valence-electron chi connectivity index (χ1n) is 19.4. The molecule has 7 rings (SSSR count). The molecule has 0 aromatic carbocycles. The Morgan fingerprint density at radius 3 is 2.35 bits per heavy atom. The Morgan fingerprint density at radius 2 is 1.65 bits per heavy atom. The van der Waals surface area contributed by atoms with Gasteiger partial charge in [0.25, 0.3) is 0 Å². The highest BCUT2D eigenvalue weighted by Crippen LogP contribution is 2.68. The molecule has 0 spiro atoms. The molecule has 7 aliphatic rings. The van der Waals surface area contributed by atoms with E-state index in [0.29, 0.717) is 24.7 Å². The van der Waals surface area contributed by atoms with Gasteiger partial charge in [0, 0.05) is 17.3 Å². The molecule has 13 heteroatoms. The molecule has 294 valence electrons. The largest absolute Gasteiger partial charge is 0.394 e. The van der Waals surface area contributed by atoms with Gasteiger partial charge in [-0.05, 0) is 94.8 Å². The normalized spacial score (nSPS) is 54.5. The molecule has 0 bridgehead atoms. The van der Waals surface area contributed by atoms with Gasteiger partial charge in [0.05, 0.1) is 24.9 Å². The zero-order valence-electron chi connectivity index (χ0n) is 30.9. The maximum absolute atomic E-state index is 13.3. The molecule has 3 saturated carbocycles. The fraction of sp³-hybridized carbons (Fsp3) is 0.872. The van der Waals surface area contributed by atoms with Crippen LogP contribution >= 0.6 is 0 Å². The fourth-order valence-corrected chi connectivity index (χ4v) is 11.9. The second kappa shape index (κ2) is 14.6. The number of hydrogen-bond acceptors (Lipinski definition) is 13. The van der Waals surface area contributed by atoms with Gasteiger partial charge in [-0.1, -0.05) is 37.1 Å². The van der Waals surface area contributed by atoms with Crippen LogP contribution in [0, 0.1) is 46.3 Å². The molecule has 0 aromatic rings. The van der Waals surface area contributed by atoms with E-state index >= 15 is 0 Å². The first-order valence-corrected chi connectivity index (χ1v) is 19.4. The minimum atomic E-state index is -1.64. The Balaban J connectivity index is 1.08. The third-order valence-corrected chi connectivity index (χ3v) is 14.6. The summed E-state index contributed by atoms with van der Waals surface area (Å²) in [5.74, 6) is 0.863. The van der Waals surface area contributed by atoms with Crippen molar-refractivity contribution in [2.24, 2.45) is 46.3 Å². The quantitative estimate of drug-likeness (QED) is 0.146. The zero-order valence-corrected chi connectivity index (χ0v) is 30.9. The number of aldehydes is 1. The number of carbonyl (C=O) groups is 1. The van der Waals surface area contributed by atoms with Crippen LogP contribution in [0.25, 0.3) is 0 Å². The summed E-state index contributed by atoms with van der Waals surface area (Å²) in [6.45, 7) is 9.52. The highest BCUT2D eigenvalue weighted by molar-refractivity contribution is 5.63. The van der Waals surface area contributed by atoms with Gasteiger partial charge in [-0.15, -0.1) is 0 Å². The van der Waals surface area contributed by atoms with Crippen LogP contribution in [0.15, 0.2) is 23.3 Å². The van der Waals surface area contributed by atoms with Crippen molar-refractivity contribution in [3.05, 3.63) is 23.3 Å². The van der Waals surface area contributed by atoms with Crippen LogP contribution in [0.1, 0.15) is 79.6 Å². The van der Waals surface area contributed by atoms with E-state index in [2.05, 4.69) is 26.0 Å². The molecule has 3 aliphatic heterocycles. The SMILES string of the molecule is CC(C)=C[C@@H]1[C@@H](C)[C@H]2C(C[C@H]3[C@@H]4CC=C5CC(OC6OC(CO)C(O)C(O)C6OC6OC(C)C(O)C(O)C6O)CC[C@]5(C)[C@H]4CC[C@]23C=O)O[C@H]1O. The smallest absolute Gasteiger partial charge is 0.187 e. The molecule has 12 unspecified atom stereocenters. The van der Waals surface area contributed by atoms with E-state index in [1.165, 1.54) is 18.8 Å². The molecule has 4 aliphatic carbocycles. The lowest BCUT2D eigenvalue weighted by Crippen LogP contribution is -2.64. The molecule has 3 heterocycles. The predicted molar refractivity (Wildman–Crippen MR) is 184 cm³/mol. The average Bonchev–Trinajstić information content (AvgIpc) is 3.45. The van der Waals surface area contributed by atoms with Crippen LogP contribution in [-0.4, -0.2) is 129 Å². The molecule has 3 saturated heterocycles. The van der Waals surface area contributed by atoms with Crippen molar-refractivity contribution >= 4 is 6.29 Å². The number of hydrogen-bond donors (Lipinski definition) is 7. The van der Waals surface area contributed by atoms with E-state index < -0.39 is 79.7 Å². The van der Waals surface area contributed by atoms with E-state index in [1.54, 1.807) is 0 Å². The number of fused-ring (bicyclic) bond motifs is 7. The summed E-state index contributed by atoms with van der Waals surface area (Å²) in [5, 5.41) is 73.8. The Kier molecular flexibility index (Phi) is 11.0. The lowest BCUT2D eigenvalue weighted by Gasteiger charge is -2.58. The average molecular weight is 737 g/mol. The van der Waals surface area contributed by atoms with E-state index in [1.807, 2.05) is 13.8 Å².